The first-order valence-corrected chi connectivity index (χ1v) is 9.48. The highest BCUT2D eigenvalue weighted by atomic mass is 79.9. The largest absolute Gasteiger partial charge is 0.443 e. The quantitative estimate of drug-likeness (QED) is 0.523. The number of para-hydroxylation sites is 1. The maximum Gasteiger partial charge on any atom is 0.415 e. The van der Waals surface area contributed by atoms with Crippen LogP contribution in [0.5, 0.6) is 0 Å². The molecule has 1 aliphatic rings. The minimum absolute atomic E-state index is 0.111. The molecule has 1 atom stereocenters. The number of anilines is 1. The molecule has 0 N–H and O–H groups in total. The molecule has 0 spiro atoms. The van der Waals surface area contributed by atoms with Gasteiger partial charge in [-0.15, -0.1) is 0 Å². The lowest BCUT2D eigenvalue weighted by atomic mass is 9.91. The SMILES string of the molecule is CC(C)(C)OC(=O)N1c2c(Br)cccc2CCC1c1cccc(Cl)c1. The molecular formula is C20H21BrClNO2. The Hall–Kier alpha value is -1.52. The van der Waals surface area contributed by atoms with Gasteiger partial charge in [0.2, 0.25) is 0 Å². The monoisotopic (exact) mass is 421 g/mol. The van der Waals surface area contributed by atoms with Crippen LogP contribution in [0.3, 0.4) is 0 Å². The number of benzene rings is 2. The Bertz CT molecular complexity index is 801. The van der Waals surface area contributed by atoms with Crippen molar-refractivity contribution in [2.75, 3.05) is 4.90 Å². The van der Waals surface area contributed by atoms with E-state index in [1.807, 2.05) is 57.2 Å². The molecule has 3 nitrogen and oxygen atoms in total. The van der Waals surface area contributed by atoms with E-state index in [2.05, 4.69) is 22.0 Å². The number of hydrogen-bond donors (Lipinski definition) is 0. The van der Waals surface area contributed by atoms with Gasteiger partial charge in [-0.25, -0.2) is 4.79 Å². The van der Waals surface area contributed by atoms with Gasteiger partial charge in [-0.2, -0.15) is 0 Å². The number of rotatable bonds is 1. The van der Waals surface area contributed by atoms with E-state index in [4.69, 9.17) is 16.3 Å². The number of nitrogens with zero attached hydrogens (tertiary/aromatic N) is 1. The van der Waals surface area contributed by atoms with Crippen molar-refractivity contribution in [1.82, 2.24) is 0 Å². The lowest BCUT2D eigenvalue weighted by Gasteiger charge is -2.39. The van der Waals surface area contributed by atoms with Crippen molar-refractivity contribution in [2.45, 2.75) is 45.3 Å². The molecule has 0 saturated carbocycles. The molecule has 1 aliphatic heterocycles. The van der Waals surface area contributed by atoms with E-state index >= 15 is 0 Å². The molecule has 1 amide bonds. The second kappa shape index (κ2) is 7.00. The topological polar surface area (TPSA) is 29.5 Å². The lowest BCUT2D eigenvalue weighted by molar-refractivity contribution is 0.0559. The van der Waals surface area contributed by atoms with Crippen LogP contribution in [0.4, 0.5) is 10.5 Å². The first-order valence-electron chi connectivity index (χ1n) is 8.31. The molecule has 0 aliphatic carbocycles. The summed E-state index contributed by atoms with van der Waals surface area (Å²) in [6.07, 6.45) is 1.37. The zero-order valence-electron chi connectivity index (χ0n) is 14.6. The fourth-order valence-corrected chi connectivity index (χ4v) is 3.96. The molecule has 3 rings (SSSR count). The van der Waals surface area contributed by atoms with Gasteiger partial charge < -0.3 is 4.74 Å². The van der Waals surface area contributed by atoms with Crippen LogP contribution in [0.2, 0.25) is 5.02 Å². The summed E-state index contributed by atoms with van der Waals surface area (Å²) < 4.78 is 6.60. The molecule has 0 bridgehead atoms. The van der Waals surface area contributed by atoms with Gasteiger partial charge >= 0.3 is 6.09 Å². The highest BCUT2D eigenvalue weighted by molar-refractivity contribution is 9.10. The Morgan fingerprint density at radius 1 is 1.24 bits per heavy atom. The van der Waals surface area contributed by atoms with Crippen molar-refractivity contribution in [3.8, 4) is 0 Å². The third kappa shape index (κ3) is 4.01. The third-order valence-electron chi connectivity index (χ3n) is 4.13. The summed E-state index contributed by atoms with van der Waals surface area (Å²) in [4.78, 5) is 14.8. The molecule has 2 aromatic carbocycles. The summed E-state index contributed by atoms with van der Waals surface area (Å²) >= 11 is 9.79. The van der Waals surface area contributed by atoms with Crippen LogP contribution in [0, 0.1) is 0 Å². The minimum atomic E-state index is -0.561. The Morgan fingerprint density at radius 3 is 2.64 bits per heavy atom. The highest BCUT2D eigenvalue weighted by Gasteiger charge is 2.36. The van der Waals surface area contributed by atoms with E-state index in [0.717, 1.165) is 34.1 Å². The number of halogens is 2. The molecule has 0 radical (unpaired) electrons. The molecule has 2 aromatic rings. The van der Waals surface area contributed by atoms with Crippen LogP contribution in [0.15, 0.2) is 46.9 Å². The van der Waals surface area contributed by atoms with Crippen LogP contribution in [-0.4, -0.2) is 11.7 Å². The van der Waals surface area contributed by atoms with Gasteiger partial charge in [-0.1, -0.05) is 35.9 Å². The van der Waals surface area contributed by atoms with Crippen LogP contribution in [0.25, 0.3) is 0 Å². The molecule has 5 heteroatoms. The number of ether oxygens (including phenoxy) is 1. The summed E-state index contributed by atoms with van der Waals surface area (Å²) in [6, 6.07) is 13.6. The normalized spacial score (nSPS) is 17.2. The van der Waals surface area contributed by atoms with E-state index in [9.17, 15) is 4.79 Å². The van der Waals surface area contributed by atoms with Gasteiger partial charge in [0.05, 0.1) is 11.7 Å². The molecule has 0 fully saturated rings. The van der Waals surface area contributed by atoms with E-state index in [1.54, 1.807) is 4.90 Å². The fourth-order valence-electron chi connectivity index (χ4n) is 3.17. The average molecular weight is 423 g/mol. The Balaban J connectivity index is 2.09. The predicted octanol–water partition coefficient (Wildman–Crippen LogP) is 6.53. The van der Waals surface area contributed by atoms with Crippen LogP contribution < -0.4 is 4.90 Å². The first kappa shape index (κ1) is 18.3. The summed E-state index contributed by atoms with van der Waals surface area (Å²) in [6.45, 7) is 5.64. The van der Waals surface area contributed by atoms with Gasteiger partial charge in [0, 0.05) is 9.50 Å². The number of hydrogen-bond acceptors (Lipinski definition) is 2. The lowest BCUT2D eigenvalue weighted by Crippen LogP contribution is -2.42. The van der Waals surface area contributed by atoms with E-state index in [0.29, 0.717) is 5.02 Å². The number of aryl methyl sites for hydroxylation is 1. The molecule has 1 unspecified atom stereocenters. The fraction of sp³-hybridized carbons (Fsp3) is 0.350. The van der Waals surface area contributed by atoms with Crippen LogP contribution >= 0.6 is 27.5 Å². The van der Waals surface area contributed by atoms with Crippen molar-refractivity contribution in [1.29, 1.82) is 0 Å². The second-order valence-corrected chi connectivity index (χ2v) is 8.50. The summed E-state index contributed by atoms with van der Waals surface area (Å²) in [5.74, 6) is 0. The second-order valence-electron chi connectivity index (χ2n) is 7.21. The number of carbonyl (C=O) groups excluding carboxylic acids is 1. The van der Waals surface area contributed by atoms with E-state index < -0.39 is 5.60 Å². The van der Waals surface area contributed by atoms with Gasteiger partial charge in [0.25, 0.3) is 0 Å². The van der Waals surface area contributed by atoms with Gasteiger partial charge in [0.15, 0.2) is 0 Å². The van der Waals surface area contributed by atoms with E-state index in [-0.39, 0.29) is 12.1 Å². The smallest absolute Gasteiger partial charge is 0.415 e. The highest BCUT2D eigenvalue weighted by Crippen LogP contribution is 2.43. The van der Waals surface area contributed by atoms with Crippen molar-refractivity contribution in [2.24, 2.45) is 0 Å². The Labute approximate surface area is 162 Å². The van der Waals surface area contributed by atoms with Gasteiger partial charge in [-0.05, 0) is 78.9 Å². The third-order valence-corrected chi connectivity index (χ3v) is 5.01. The maximum atomic E-state index is 13.0. The number of amides is 1. The molecular weight excluding hydrogens is 402 g/mol. The summed E-state index contributed by atoms with van der Waals surface area (Å²) in [7, 11) is 0. The molecule has 25 heavy (non-hydrogen) atoms. The number of fused-ring (bicyclic) bond motifs is 1. The summed E-state index contributed by atoms with van der Waals surface area (Å²) in [5, 5.41) is 0.666. The van der Waals surface area contributed by atoms with Gasteiger partial charge in [0.1, 0.15) is 5.60 Å². The summed E-state index contributed by atoms with van der Waals surface area (Å²) in [5.41, 5.74) is 2.47. The van der Waals surface area contributed by atoms with Crippen molar-refractivity contribution < 1.29 is 9.53 Å². The van der Waals surface area contributed by atoms with Crippen molar-refractivity contribution in [3.63, 3.8) is 0 Å². The van der Waals surface area contributed by atoms with Gasteiger partial charge in [-0.3, -0.25) is 4.90 Å². The Kier molecular flexibility index (Phi) is 5.12. The minimum Gasteiger partial charge on any atom is -0.443 e. The molecule has 1 heterocycles. The van der Waals surface area contributed by atoms with E-state index in [1.165, 1.54) is 0 Å². The Morgan fingerprint density at radius 2 is 1.96 bits per heavy atom. The molecule has 0 saturated heterocycles. The maximum absolute atomic E-state index is 13.0. The predicted molar refractivity (Wildman–Crippen MR) is 105 cm³/mol. The standard InChI is InChI=1S/C20H21BrClNO2/c1-20(2,3)25-19(24)23-17(14-7-4-8-15(22)12-14)11-10-13-6-5-9-16(21)18(13)23/h4-9,12,17H,10-11H2,1-3H3. The zero-order chi connectivity index (χ0) is 18.2. The number of carbonyl (C=O) groups is 1. The van der Waals surface area contributed by atoms with Crippen molar-refractivity contribution in [3.05, 3.63) is 63.1 Å². The van der Waals surface area contributed by atoms with Crippen LogP contribution in [0.1, 0.15) is 44.4 Å². The van der Waals surface area contributed by atoms with Crippen LogP contribution in [-0.2, 0) is 11.2 Å². The van der Waals surface area contributed by atoms with Crippen molar-refractivity contribution >= 4 is 39.3 Å². The molecule has 132 valence electrons. The first-order chi connectivity index (χ1) is 11.8. The molecule has 0 aromatic heterocycles. The average Bonchev–Trinajstić information content (AvgIpc) is 2.52. The zero-order valence-corrected chi connectivity index (χ0v) is 16.9.